The number of aryl methyl sites for hydroxylation is 1. The molecule has 42 heavy (non-hydrogen) atoms. The standard InChI is InChI=1S/C28H26F3N3O5S3/c1-2-3-12-24-23(27(40-32-24)34-42(38,39)28(29,30)31)18-19-14-16-20(17-15-19)22-11-7-8-13-25(22)41(36,37)33-26(35)21-9-5-4-6-10-21/h4-11,13-17,34H,2-3,12,18H2,1H3,(H,33,35). The Balaban J connectivity index is 1.61. The van der Waals surface area contributed by atoms with Gasteiger partial charge in [-0.15, -0.1) is 0 Å². The molecule has 0 fully saturated rings. The number of anilines is 1. The summed E-state index contributed by atoms with van der Waals surface area (Å²) in [4.78, 5) is 12.4. The smallest absolute Gasteiger partial charge is 0.268 e. The number of unbranched alkanes of at least 4 members (excludes halogenated alkanes) is 1. The molecule has 1 aromatic heterocycles. The lowest BCUT2D eigenvalue weighted by Gasteiger charge is -2.13. The highest BCUT2D eigenvalue weighted by Gasteiger charge is 2.46. The maximum Gasteiger partial charge on any atom is 0.516 e. The van der Waals surface area contributed by atoms with Crippen LogP contribution in [0.25, 0.3) is 11.1 Å². The van der Waals surface area contributed by atoms with E-state index < -0.39 is 31.5 Å². The number of aromatic nitrogens is 1. The number of nitrogens with zero attached hydrogens (tertiary/aromatic N) is 1. The quantitative estimate of drug-likeness (QED) is 0.204. The number of carbonyl (C=O) groups excluding carboxylic acids is 1. The van der Waals surface area contributed by atoms with Crippen LogP contribution in [0.15, 0.2) is 83.8 Å². The summed E-state index contributed by atoms with van der Waals surface area (Å²) in [6.07, 6.45) is 2.09. The molecule has 14 heteroatoms. The van der Waals surface area contributed by atoms with Crippen LogP contribution in [0.3, 0.4) is 0 Å². The van der Waals surface area contributed by atoms with Crippen molar-refractivity contribution in [1.82, 2.24) is 9.10 Å². The van der Waals surface area contributed by atoms with E-state index in [0.29, 0.717) is 52.3 Å². The molecule has 0 aliphatic heterocycles. The summed E-state index contributed by atoms with van der Waals surface area (Å²) < 4.78 is 96.9. The largest absolute Gasteiger partial charge is 0.516 e. The van der Waals surface area contributed by atoms with Gasteiger partial charge in [-0.2, -0.15) is 26.0 Å². The summed E-state index contributed by atoms with van der Waals surface area (Å²) in [5.74, 6) is -0.777. The van der Waals surface area contributed by atoms with Crippen LogP contribution in [0.2, 0.25) is 0 Å². The molecule has 0 bridgehead atoms. The van der Waals surface area contributed by atoms with E-state index in [9.17, 15) is 34.8 Å². The molecule has 0 aliphatic carbocycles. The van der Waals surface area contributed by atoms with Crippen LogP contribution in [0.1, 0.15) is 46.9 Å². The van der Waals surface area contributed by atoms with Crippen molar-refractivity contribution in [1.29, 1.82) is 0 Å². The normalized spacial score (nSPS) is 12.2. The molecule has 4 aromatic rings. The van der Waals surface area contributed by atoms with Gasteiger partial charge in [0, 0.05) is 23.1 Å². The lowest BCUT2D eigenvalue weighted by Crippen LogP contribution is -2.30. The van der Waals surface area contributed by atoms with Gasteiger partial charge in [-0.05, 0) is 53.7 Å². The summed E-state index contributed by atoms with van der Waals surface area (Å²) >= 11 is 0.655. The Morgan fingerprint density at radius 3 is 2.19 bits per heavy atom. The Labute approximate surface area is 245 Å². The predicted octanol–water partition coefficient (Wildman–Crippen LogP) is 6.12. The highest BCUT2D eigenvalue weighted by molar-refractivity contribution is 7.93. The van der Waals surface area contributed by atoms with Gasteiger partial charge in [0.25, 0.3) is 15.9 Å². The summed E-state index contributed by atoms with van der Waals surface area (Å²) in [6, 6.07) is 20.7. The van der Waals surface area contributed by atoms with Gasteiger partial charge in [-0.1, -0.05) is 74.0 Å². The SMILES string of the molecule is CCCCc1nsc(NS(=O)(=O)C(F)(F)F)c1Cc1ccc(-c2ccccc2S(=O)(=O)NC(=O)c2ccccc2)cc1. The third-order valence-corrected chi connectivity index (χ3v) is 9.70. The molecule has 8 nitrogen and oxygen atoms in total. The Morgan fingerprint density at radius 2 is 1.55 bits per heavy atom. The zero-order valence-electron chi connectivity index (χ0n) is 22.2. The van der Waals surface area contributed by atoms with Gasteiger partial charge in [0.2, 0.25) is 0 Å². The summed E-state index contributed by atoms with van der Waals surface area (Å²) in [7, 11) is -9.88. The summed E-state index contributed by atoms with van der Waals surface area (Å²) in [6.45, 7) is 1.95. The van der Waals surface area contributed by atoms with Crippen LogP contribution in [0.4, 0.5) is 18.2 Å². The average molecular weight is 638 g/mol. The van der Waals surface area contributed by atoms with Crippen LogP contribution >= 0.6 is 11.5 Å². The molecule has 1 heterocycles. The van der Waals surface area contributed by atoms with Gasteiger partial charge in [-0.25, -0.2) is 13.1 Å². The molecule has 3 aromatic carbocycles. The van der Waals surface area contributed by atoms with Gasteiger partial charge >= 0.3 is 15.5 Å². The molecule has 0 saturated heterocycles. The first-order valence-corrected chi connectivity index (χ1v) is 16.4. The number of carbonyl (C=O) groups is 1. The van der Waals surface area contributed by atoms with Crippen LogP contribution < -0.4 is 9.44 Å². The zero-order chi connectivity index (χ0) is 30.5. The van der Waals surface area contributed by atoms with Crippen molar-refractivity contribution in [2.24, 2.45) is 0 Å². The maximum atomic E-state index is 13.2. The average Bonchev–Trinajstić information content (AvgIpc) is 3.31. The lowest BCUT2D eigenvalue weighted by atomic mass is 9.99. The minimum absolute atomic E-state index is 0.0958. The molecule has 2 N–H and O–H groups in total. The number of rotatable bonds is 11. The predicted molar refractivity (Wildman–Crippen MR) is 155 cm³/mol. The molecule has 0 saturated carbocycles. The van der Waals surface area contributed by atoms with E-state index in [2.05, 4.69) is 9.10 Å². The second kappa shape index (κ2) is 12.6. The second-order valence-electron chi connectivity index (χ2n) is 9.26. The van der Waals surface area contributed by atoms with Crippen molar-refractivity contribution in [3.8, 4) is 11.1 Å². The number of alkyl halides is 3. The van der Waals surface area contributed by atoms with Gasteiger partial charge in [0.15, 0.2) is 0 Å². The van der Waals surface area contributed by atoms with Gasteiger partial charge in [0.1, 0.15) is 5.00 Å². The van der Waals surface area contributed by atoms with Crippen molar-refractivity contribution < 1.29 is 34.8 Å². The Morgan fingerprint density at radius 1 is 0.905 bits per heavy atom. The molecule has 4 rings (SSSR count). The van der Waals surface area contributed by atoms with Crippen molar-refractivity contribution in [2.45, 2.75) is 43.0 Å². The monoisotopic (exact) mass is 637 g/mol. The lowest BCUT2D eigenvalue weighted by molar-refractivity contribution is -0.0429. The van der Waals surface area contributed by atoms with E-state index in [1.807, 2.05) is 6.92 Å². The molecule has 0 aliphatic rings. The fourth-order valence-electron chi connectivity index (χ4n) is 4.10. The Kier molecular flexibility index (Phi) is 9.38. The minimum atomic E-state index is -5.63. The molecule has 222 valence electrons. The molecular formula is C28H26F3N3O5S3. The number of amides is 1. The molecule has 0 spiro atoms. The van der Waals surface area contributed by atoms with E-state index in [1.165, 1.54) is 24.3 Å². The molecule has 0 atom stereocenters. The van der Waals surface area contributed by atoms with Crippen LogP contribution in [0, 0.1) is 0 Å². The minimum Gasteiger partial charge on any atom is -0.268 e. The number of hydrogen-bond donors (Lipinski definition) is 2. The summed E-state index contributed by atoms with van der Waals surface area (Å²) in [5, 5.41) is -0.201. The first-order valence-electron chi connectivity index (χ1n) is 12.7. The van der Waals surface area contributed by atoms with E-state index in [-0.39, 0.29) is 21.9 Å². The van der Waals surface area contributed by atoms with E-state index >= 15 is 0 Å². The van der Waals surface area contributed by atoms with Gasteiger partial charge in [0.05, 0.1) is 10.6 Å². The highest BCUT2D eigenvalue weighted by atomic mass is 32.2. The topological polar surface area (TPSA) is 122 Å². The third-order valence-electron chi connectivity index (χ3n) is 6.25. The Bertz CT molecular complexity index is 1770. The van der Waals surface area contributed by atoms with Gasteiger partial charge < -0.3 is 0 Å². The molecule has 0 radical (unpaired) electrons. The Hall–Kier alpha value is -3.75. The van der Waals surface area contributed by atoms with Crippen LogP contribution in [-0.4, -0.2) is 32.6 Å². The van der Waals surface area contributed by atoms with Crippen molar-refractivity contribution in [3.05, 3.63) is 101 Å². The first-order chi connectivity index (χ1) is 19.8. The van der Waals surface area contributed by atoms with Crippen LogP contribution in [-0.2, 0) is 32.9 Å². The second-order valence-corrected chi connectivity index (χ2v) is 13.4. The third kappa shape index (κ3) is 7.17. The van der Waals surface area contributed by atoms with Gasteiger partial charge in [-0.3, -0.25) is 9.52 Å². The first kappa shape index (κ1) is 31.2. The molecule has 1 amide bonds. The fraction of sp³-hybridized carbons (Fsp3) is 0.214. The number of sulfonamides is 2. The van der Waals surface area contributed by atoms with Crippen molar-refractivity contribution in [3.63, 3.8) is 0 Å². The zero-order valence-corrected chi connectivity index (χ0v) is 24.6. The molecule has 0 unspecified atom stereocenters. The van der Waals surface area contributed by atoms with Crippen LogP contribution in [0.5, 0.6) is 0 Å². The highest BCUT2D eigenvalue weighted by Crippen LogP contribution is 2.34. The van der Waals surface area contributed by atoms with E-state index in [0.717, 1.165) is 6.42 Å². The van der Waals surface area contributed by atoms with E-state index in [1.54, 1.807) is 59.3 Å². The summed E-state index contributed by atoms with van der Waals surface area (Å²) in [5.41, 5.74) is -2.95. The maximum absolute atomic E-state index is 13.2. The number of hydrogen-bond acceptors (Lipinski definition) is 7. The van der Waals surface area contributed by atoms with Crippen molar-refractivity contribution in [2.75, 3.05) is 4.72 Å². The molecular weight excluding hydrogens is 612 g/mol. The number of halogens is 3. The fourth-order valence-corrected chi connectivity index (χ4v) is 6.97. The van der Waals surface area contributed by atoms with E-state index in [4.69, 9.17) is 0 Å². The number of benzene rings is 3. The number of nitrogens with one attached hydrogen (secondary N) is 2. The van der Waals surface area contributed by atoms with Crippen molar-refractivity contribution >= 4 is 42.5 Å².